The summed E-state index contributed by atoms with van der Waals surface area (Å²) < 4.78 is 5.26. The van der Waals surface area contributed by atoms with E-state index in [1.54, 1.807) is 31.1 Å². The summed E-state index contributed by atoms with van der Waals surface area (Å²) in [5.74, 6) is 0.0802. The van der Waals surface area contributed by atoms with Crippen LogP contribution in [0, 0.1) is 6.92 Å². The van der Waals surface area contributed by atoms with E-state index in [4.69, 9.17) is 4.74 Å². The van der Waals surface area contributed by atoms with Gasteiger partial charge < -0.3 is 15.0 Å². The van der Waals surface area contributed by atoms with Crippen molar-refractivity contribution < 1.29 is 19.1 Å². The molecule has 0 radical (unpaired) electrons. The maximum absolute atomic E-state index is 13.0. The lowest BCUT2D eigenvalue weighted by molar-refractivity contribution is -0.139. The zero-order chi connectivity index (χ0) is 20.2. The van der Waals surface area contributed by atoms with Crippen molar-refractivity contribution in [2.75, 3.05) is 26.7 Å². The maximum atomic E-state index is 13.0. The molecule has 7 nitrogen and oxygen atoms in total. The van der Waals surface area contributed by atoms with Gasteiger partial charge in [0.1, 0.15) is 17.8 Å². The third-order valence-electron chi connectivity index (χ3n) is 4.88. The number of carbonyl (C=O) groups is 3. The van der Waals surface area contributed by atoms with Crippen molar-refractivity contribution in [1.82, 2.24) is 15.1 Å². The molecule has 1 unspecified atom stereocenters. The van der Waals surface area contributed by atoms with Crippen LogP contribution >= 0.6 is 0 Å². The molecular formula is C20H29N3O4. The van der Waals surface area contributed by atoms with E-state index < -0.39 is 17.5 Å². The summed E-state index contributed by atoms with van der Waals surface area (Å²) in [7, 11) is 1.58. The van der Waals surface area contributed by atoms with Crippen LogP contribution in [-0.4, -0.2) is 54.4 Å². The highest BCUT2D eigenvalue weighted by Crippen LogP contribution is 2.31. The summed E-state index contributed by atoms with van der Waals surface area (Å²) in [6.07, 6.45) is 1.66. The molecular weight excluding hydrogens is 346 g/mol. The van der Waals surface area contributed by atoms with Crippen LogP contribution in [0.5, 0.6) is 5.75 Å². The lowest BCUT2D eigenvalue weighted by atomic mass is 9.90. The van der Waals surface area contributed by atoms with Gasteiger partial charge in [0.2, 0.25) is 5.91 Å². The number of rotatable bonds is 8. The fourth-order valence-corrected chi connectivity index (χ4v) is 3.36. The Morgan fingerprint density at radius 2 is 1.85 bits per heavy atom. The Bertz CT molecular complexity index is 728. The lowest BCUT2D eigenvalue weighted by Gasteiger charge is -2.25. The molecule has 1 saturated heterocycles. The van der Waals surface area contributed by atoms with Gasteiger partial charge in [-0.2, -0.15) is 0 Å². The van der Waals surface area contributed by atoms with E-state index in [1.165, 1.54) is 0 Å². The molecule has 27 heavy (non-hydrogen) atoms. The molecule has 1 aliphatic heterocycles. The van der Waals surface area contributed by atoms with E-state index in [-0.39, 0.29) is 12.5 Å². The van der Waals surface area contributed by atoms with Crippen LogP contribution in [0.1, 0.15) is 44.7 Å². The summed E-state index contributed by atoms with van der Waals surface area (Å²) >= 11 is 0. The topological polar surface area (TPSA) is 79.0 Å². The van der Waals surface area contributed by atoms with Gasteiger partial charge in [-0.1, -0.05) is 19.9 Å². The van der Waals surface area contributed by atoms with E-state index in [0.29, 0.717) is 24.4 Å². The van der Waals surface area contributed by atoms with Crippen LogP contribution < -0.4 is 10.1 Å². The minimum absolute atomic E-state index is 0.211. The number of hydrogen-bond acceptors (Lipinski definition) is 4. The first-order valence-electron chi connectivity index (χ1n) is 9.35. The first-order chi connectivity index (χ1) is 12.8. The molecule has 1 fully saturated rings. The van der Waals surface area contributed by atoms with E-state index >= 15 is 0 Å². The number of imide groups is 1. The lowest BCUT2D eigenvalue weighted by Crippen LogP contribution is -2.45. The Kier molecular flexibility index (Phi) is 6.46. The average molecular weight is 375 g/mol. The first kappa shape index (κ1) is 20.7. The first-order valence-corrected chi connectivity index (χ1v) is 9.35. The second-order valence-electron chi connectivity index (χ2n) is 7.01. The molecule has 1 heterocycles. The largest absolute Gasteiger partial charge is 0.496 e. The minimum Gasteiger partial charge on any atom is -0.496 e. The summed E-state index contributed by atoms with van der Waals surface area (Å²) in [6, 6.07) is 4.81. The molecule has 1 N–H and O–H groups in total. The second-order valence-corrected chi connectivity index (χ2v) is 7.01. The standard InChI is InChI=1S/C20H29N3O4/c1-6-10-22(11-7-2)17(24)13-23-18(25)20(4,21-19(23)26)15-8-9-16(27-5)14(3)12-15/h8-9,12H,6-7,10-11,13H2,1-5H3,(H,21,26). The Balaban J connectivity index is 2.23. The number of hydrogen-bond donors (Lipinski definition) is 1. The van der Waals surface area contributed by atoms with Gasteiger partial charge in [0.25, 0.3) is 5.91 Å². The van der Waals surface area contributed by atoms with Crippen LogP contribution in [0.25, 0.3) is 0 Å². The van der Waals surface area contributed by atoms with Crippen molar-refractivity contribution in [3.05, 3.63) is 29.3 Å². The number of ether oxygens (including phenoxy) is 1. The number of amides is 4. The number of nitrogens with one attached hydrogen (secondary N) is 1. The molecule has 148 valence electrons. The van der Waals surface area contributed by atoms with Gasteiger partial charge in [0.15, 0.2) is 0 Å². The highest BCUT2D eigenvalue weighted by Gasteiger charge is 2.49. The Morgan fingerprint density at radius 1 is 1.22 bits per heavy atom. The van der Waals surface area contributed by atoms with Crippen LogP contribution in [0.15, 0.2) is 18.2 Å². The van der Waals surface area contributed by atoms with Gasteiger partial charge >= 0.3 is 6.03 Å². The van der Waals surface area contributed by atoms with Gasteiger partial charge in [-0.25, -0.2) is 4.79 Å². The molecule has 1 aromatic carbocycles. The van der Waals surface area contributed by atoms with Crippen LogP contribution in [-0.2, 0) is 15.1 Å². The molecule has 2 rings (SSSR count). The molecule has 1 aliphatic rings. The summed E-state index contributed by atoms with van der Waals surface area (Å²) in [5, 5.41) is 2.75. The van der Waals surface area contributed by atoms with Gasteiger partial charge in [-0.05, 0) is 49.9 Å². The zero-order valence-electron chi connectivity index (χ0n) is 16.8. The smallest absolute Gasteiger partial charge is 0.325 e. The average Bonchev–Trinajstić information content (AvgIpc) is 2.85. The number of benzene rings is 1. The predicted molar refractivity (Wildman–Crippen MR) is 102 cm³/mol. The van der Waals surface area contributed by atoms with Crippen molar-refractivity contribution >= 4 is 17.8 Å². The maximum Gasteiger partial charge on any atom is 0.325 e. The molecule has 7 heteroatoms. The van der Waals surface area contributed by atoms with E-state index in [1.807, 2.05) is 26.8 Å². The van der Waals surface area contributed by atoms with Crippen molar-refractivity contribution in [2.24, 2.45) is 0 Å². The molecule has 1 atom stereocenters. The van der Waals surface area contributed by atoms with Gasteiger partial charge in [0, 0.05) is 13.1 Å². The third kappa shape index (κ3) is 4.07. The highest BCUT2D eigenvalue weighted by molar-refractivity contribution is 6.09. The normalized spacial score (nSPS) is 19.2. The monoisotopic (exact) mass is 375 g/mol. The molecule has 0 aliphatic carbocycles. The third-order valence-corrected chi connectivity index (χ3v) is 4.88. The predicted octanol–water partition coefficient (Wildman–Crippen LogP) is 2.42. The van der Waals surface area contributed by atoms with Crippen molar-refractivity contribution in [2.45, 2.75) is 46.1 Å². The van der Waals surface area contributed by atoms with Crippen LogP contribution in [0.4, 0.5) is 4.79 Å². The van der Waals surface area contributed by atoms with Gasteiger partial charge in [-0.15, -0.1) is 0 Å². The number of carbonyl (C=O) groups excluding carboxylic acids is 3. The zero-order valence-corrected chi connectivity index (χ0v) is 16.8. The number of aryl methyl sites for hydroxylation is 1. The van der Waals surface area contributed by atoms with E-state index in [0.717, 1.165) is 23.3 Å². The van der Waals surface area contributed by atoms with Crippen molar-refractivity contribution in [1.29, 1.82) is 0 Å². The van der Waals surface area contributed by atoms with Gasteiger partial charge in [0.05, 0.1) is 7.11 Å². The molecule has 1 aromatic rings. The molecule has 4 amide bonds. The number of methoxy groups -OCH3 is 1. The van der Waals surface area contributed by atoms with Crippen LogP contribution in [0.3, 0.4) is 0 Å². The van der Waals surface area contributed by atoms with E-state index in [2.05, 4.69) is 5.32 Å². The second kappa shape index (κ2) is 8.41. The minimum atomic E-state index is -1.20. The fraction of sp³-hybridized carbons (Fsp3) is 0.550. The van der Waals surface area contributed by atoms with Crippen molar-refractivity contribution in [3.63, 3.8) is 0 Å². The molecule has 0 aromatic heterocycles. The summed E-state index contributed by atoms with van der Waals surface area (Å²) in [4.78, 5) is 40.8. The van der Waals surface area contributed by atoms with E-state index in [9.17, 15) is 14.4 Å². The molecule has 0 saturated carbocycles. The van der Waals surface area contributed by atoms with Crippen molar-refractivity contribution in [3.8, 4) is 5.75 Å². The fourth-order valence-electron chi connectivity index (χ4n) is 3.36. The summed E-state index contributed by atoms with van der Waals surface area (Å²) in [5.41, 5.74) is 0.326. The Labute approximate surface area is 160 Å². The SMILES string of the molecule is CCCN(CCC)C(=O)CN1C(=O)NC(C)(c2ccc(OC)c(C)c2)C1=O. The number of nitrogens with zero attached hydrogens (tertiary/aromatic N) is 2. The van der Waals surface area contributed by atoms with Crippen LogP contribution in [0.2, 0.25) is 0 Å². The molecule has 0 bridgehead atoms. The quantitative estimate of drug-likeness (QED) is 0.708. The Morgan fingerprint density at radius 3 is 2.37 bits per heavy atom. The number of urea groups is 1. The highest BCUT2D eigenvalue weighted by atomic mass is 16.5. The molecule has 0 spiro atoms. The van der Waals surface area contributed by atoms with Gasteiger partial charge in [-0.3, -0.25) is 14.5 Å². The summed E-state index contributed by atoms with van der Waals surface area (Å²) in [6.45, 7) is 8.52. The Hall–Kier alpha value is -2.57.